The normalized spacial score (nSPS) is 14.2. The summed E-state index contributed by atoms with van der Waals surface area (Å²) in [6.45, 7) is 3.45. The summed E-state index contributed by atoms with van der Waals surface area (Å²) in [5, 5.41) is 2.67. The van der Waals surface area contributed by atoms with Crippen LogP contribution in [0, 0.1) is 0 Å². The van der Waals surface area contributed by atoms with E-state index in [2.05, 4.69) is 10.3 Å². The molecule has 3 N–H and O–H groups in total. The van der Waals surface area contributed by atoms with Crippen molar-refractivity contribution in [2.75, 3.05) is 16.8 Å². The van der Waals surface area contributed by atoms with E-state index in [4.69, 9.17) is 5.73 Å². The molecule has 0 saturated heterocycles. The Balaban J connectivity index is 2.17. The van der Waals surface area contributed by atoms with Gasteiger partial charge in [-0.2, -0.15) is 0 Å². The van der Waals surface area contributed by atoms with Gasteiger partial charge in [0, 0.05) is 22.2 Å². The van der Waals surface area contributed by atoms with Gasteiger partial charge in [0.05, 0.1) is 10.2 Å². The van der Waals surface area contributed by atoms with E-state index < -0.39 is 16.0 Å². The van der Waals surface area contributed by atoms with Crippen LogP contribution in [-0.4, -0.2) is 26.1 Å². The number of aromatic nitrogens is 1. The Kier molecular flexibility index (Phi) is 4.16. The zero-order chi connectivity index (χ0) is 14.0. The number of fused-ring (bicyclic) bond motifs is 1. The van der Waals surface area contributed by atoms with Gasteiger partial charge < -0.3 is 11.1 Å². The number of nitrogens with zero attached hydrogens (tertiary/aromatic N) is 1. The molecule has 7 heteroatoms. The second-order valence-electron chi connectivity index (χ2n) is 4.05. The van der Waals surface area contributed by atoms with Crippen molar-refractivity contribution >= 4 is 49.1 Å². The summed E-state index contributed by atoms with van der Waals surface area (Å²) >= 11 is 1.35. The van der Waals surface area contributed by atoms with Gasteiger partial charge in [-0.25, -0.2) is 4.98 Å². The molecule has 0 radical (unpaired) electrons. The van der Waals surface area contributed by atoms with Crippen molar-refractivity contribution in [1.29, 1.82) is 0 Å². The summed E-state index contributed by atoms with van der Waals surface area (Å²) < 4.78 is 12.5. The smallest absolute Gasteiger partial charge is 0.241 e. The average Bonchev–Trinajstić information content (AvgIpc) is 2.77. The Labute approximate surface area is 117 Å². The molecule has 0 fully saturated rings. The molecule has 0 bridgehead atoms. The van der Waals surface area contributed by atoms with Crippen LogP contribution in [0.4, 0.5) is 10.8 Å². The number of anilines is 2. The largest absolute Gasteiger partial charge is 0.399 e. The lowest BCUT2D eigenvalue weighted by atomic mass is 10.3. The Hall–Kier alpha value is -1.47. The molecule has 2 aromatic rings. The molecule has 1 heterocycles. The second-order valence-corrected chi connectivity index (χ2v) is 7.12. The van der Waals surface area contributed by atoms with Crippen molar-refractivity contribution in [2.45, 2.75) is 19.1 Å². The average molecular weight is 297 g/mol. The molecule has 19 heavy (non-hydrogen) atoms. The van der Waals surface area contributed by atoms with Gasteiger partial charge in [-0.3, -0.25) is 9.00 Å². The second kappa shape index (κ2) is 5.66. The van der Waals surface area contributed by atoms with Crippen LogP contribution in [0.5, 0.6) is 0 Å². The molecule has 2 rings (SSSR count). The number of hydrogen-bond acceptors (Lipinski definition) is 5. The number of nitrogens with one attached hydrogen (secondary N) is 1. The van der Waals surface area contributed by atoms with Gasteiger partial charge in [-0.15, -0.1) is 0 Å². The first-order valence-electron chi connectivity index (χ1n) is 5.85. The molecule has 2 unspecified atom stereocenters. The number of nitrogen functional groups attached to an aromatic ring is 1. The molecule has 0 spiro atoms. The highest BCUT2D eigenvalue weighted by Crippen LogP contribution is 2.27. The number of carbonyl (C=O) groups excluding carboxylic acids is 1. The van der Waals surface area contributed by atoms with Gasteiger partial charge in [0.25, 0.3) is 0 Å². The number of rotatable bonds is 4. The Morgan fingerprint density at radius 3 is 3.00 bits per heavy atom. The molecule has 1 amide bonds. The van der Waals surface area contributed by atoms with Crippen molar-refractivity contribution in [3.63, 3.8) is 0 Å². The van der Waals surface area contributed by atoms with Gasteiger partial charge in [0.1, 0.15) is 5.25 Å². The van der Waals surface area contributed by atoms with Crippen molar-refractivity contribution < 1.29 is 9.00 Å². The Morgan fingerprint density at radius 2 is 2.32 bits per heavy atom. The van der Waals surface area contributed by atoms with Crippen LogP contribution < -0.4 is 11.1 Å². The first kappa shape index (κ1) is 14.0. The lowest BCUT2D eigenvalue weighted by molar-refractivity contribution is -0.115. The molecular formula is C12H15N3O2S2. The minimum Gasteiger partial charge on any atom is -0.399 e. The SMILES string of the molecule is CCS(=O)C(C)C(=O)Nc1nc2ccc(N)cc2s1. The van der Waals surface area contributed by atoms with Gasteiger partial charge in [-0.05, 0) is 25.1 Å². The molecule has 102 valence electrons. The molecule has 0 aliphatic rings. The molecule has 0 saturated carbocycles. The Bertz CT molecular complexity index is 639. The van der Waals surface area contributed by atoms with E-state index in [1.807, 2.05) is 12.1 Å². The van der Waals surface area contributed by atoms with Crippen LogP contribution in [0.3, 0.4) is 0 Å². The van der Waals surface area contributed by atoms with Crippen molar-refractivity contribution in [3.8, 4) is 0 Å². The molecule has 0 aliphatic carbocycles. The molecule has 0 aliphatic heterocycles. The highest BCUT2D eigenvalue weighted by molar-refractivity contribution is 7.86. The number of thiazole rings is 1. The van der Waals surface area contributed by atoms with E-state index in [9.17, 15) is 9.00 Å². The summed E-state index contributed by atoms with van der Waals surface area (Å²) in [6.07, 6.45) is 0. The van der Waals surface area contributed by atoms with E-state index in [0.717, 1.165) is 10.2 Å². The fourth-order valence-electron chi connectivity index (χ4n) is 1.57. The first-order valence-corrected chi connectivity index (χ1v) is 8.05. The van der Waals surface area contributed by atoms with E-state index in [0.29, 0.717) is 16.6 Å². The van der Waals surface area contributed by atoms with Gasteiger partial charge in [-0.1, -0.05) is 18.3 Å². The quantitative estimate of drug-likeness (QED) is 0.845. The maximum absolute atomic E-state index is 11.9. The highest BCUT2D eigenvalue weighted by atomic mass is 32.2. The van der Waals surface area contributed by atoms with Crippen molar-refractivity contribution in [2.24, 2.45) is 0 Å². The molecule has 1 aromatic heterocycles. The van der Waals surface area contributed by atoms with E-state index in [-0.39, 0.29) is 5.91 Å². The van der Waals surface area contributed by atoms with Crippen LogP contribution in [0.2, 0.25) is 0 Å². The van der Waals surface area contributed by atoms with Crippen LogP contribution in [0.1, 0.15) is 13.8 Å². The molecule has 1 aromatic carbocycles. The van der Waals surface area contributed by atoms with Crippen LogP contribution >= 0.6 is 11.3 Å². The highest BCUT2D eigenvalue weighted by Gasteiger charge is 2.19. The number of nitrogens with two attached hydrogens (primary N) is 1. The summed E-state index contributed by atoms with van der Waals surface area (Å²) in [5.74, 6) is 0.192. The van der Waals surface area contributed by atoms with E-state index >= 15 is 0 Å². The van der Waals surface area contributed by atoms with Gasteiger partial charge in [0.15, 0.2) is 5.13 Å². The zero-order valence-corrected chi connectivity index (χ0v) is 12.3. The number of hydrogen-bond donors (Lipinski definition) is 2. The predicted molar refractivity (Wildman–Crippen MR) is 80.8 cm³/mol. The minimum absolute atomic E-state index is 0.271. The zero-order valence-electron chi connectivity index (χ0n) is 10.7. The number of amides is 1. The fourth-order valence-corrected chi connectivity index (χ4v) is 3.29. The number of carbonyl (C=O) groups is 1. The lowest BCUT2D eigenvalue weighted by Gasteiger charge is -2.08. The first-order chi connectivity index (χ1) is 9.01. The van der Waals surface area contributed by atoms with Crippen LogP contribution in [-0.2, 0) is 15.6 Å². The monoisotopic (exact) mass is 297 g/mol. The predicted octanol–water partition coefficient (Wildman–Crippen LogP) is 1.97. The third-order valence-corrected chi connectivity index (χ3v) is 5.20. The Morgan fingerprint density at radius 1 is 1.58 bits per heavy atom. The van der Waals surface area contributed by atoms with E-state index in [1.54, 1.807) is 19.9 Å². The maximum atomic E-state index is 11.9. The number of benzene rings is 1. The topological polar surface area (TPSA) is 85.1 Å². The van der Waals surface area contributed by atoms with Crippen molar-refractivity contribution in [3.05, 3.63) is 18.2 Å². The third kappa shape index (κ3) is 3.10. The lowest BCUT2D eigenvalue weighted by Crippen LogP contribution is -2.29. The summed E-state index contributed by atoms with van der Waals surface area (Å²) in [7, 11) is -1.15. The summed E-state index contributed by atoms with van der Waals surface area (Å²) in [5.41, 5.74) is 7.14. The fraction of sp³-hybridized carbons (Fsp3) is 0.333. The maximum Gasteiger partial charge on any atom is 0.241 e. The van der Waals surface area contributed by atoms with Gasteiger partial charge in [0.2, 0.25) is 5.91 Å². The van der Waals surface area contributed by atoms with Crippen LogP contribution in [0.25, 0.3) is 10.2 Å². The minimum atomic E-state index is -1.15. The molecule has 2 atom stereocenters. The molecular weight excluding hydrogens is 282 g/mol. The van der Waals surface area contributed by atoms with Crippen LogP contribution in [0.15, 0.2) is 18.2 Å². The third-order valence-electron chi connectivity index (χ3n) is 2.69. The van der Waals surface area contributed by atoms with Gasteiger partial charge >= 0.3 is 0 Å². The summed E-state index contributed by atoms with van der Waals surface area (Å²) in [4.78, 5) is 16.2. The molecule has 5 nitrogen and oxygen atoms in total. The van der Waals surface area contributed by atoms with Crippen molar-refractivity contribution in [1.82, 2.24) is 4.98 Å². The summed E-state index contributed by atoms with van der Waals surface area (Å²) in [6, 6.07) is 5.39. The standard InChI is InChI=1S/C12H15N3O2S2/c1-3-19(17)7(2)11(16)15-12-14-9-5-4-8(13)6-10(9)18-12/h4-7H,3,13H2,1-2H3,(H,14,15,16). The van der Waals surface area contributed by atoms with E-state index in [1.165, 1.54) is 11.3 Å².